The molecule has 0 rings (SSSR count). The number of unbranched alkanes of at least 4 members (excludes halogenated alkanes) is 23. The summed E-state index contributed by atoms with van der Waals surface area (Å²) in [5, 5.41) is 0. The van der Waals surface area contributed by atoms with Crippen molar-refractivity contribution in [1.82, 2.24) is 0 Å². The van der Waals surface area contributed by atoms with E-state index in [1.165, 1.54) is 103 Å². The zero-order chi connectivity index (χ0) is 46.5. The first-order valence-electron chi connectivity index (χ1n) is 26.3. The Morgan fingerprint density at radius 3 is 1.19 bits per heavy atom. The van der Waals surface area contributed by atoms with Gasteiger partial charge in [-0.3, -0.25) is 14.4 Å². The summed E-state index contributed by atoms with van der Waals surface area (Å²) in [6.07, 6.45) is 68.4. The number of hydrogen-bond donors (Lipinski definition) is 0. The average molecular weight is 889 g/mol. The quantitative estimate of drug-likeness (QED) is 0.0199. The van der Waals surface area contributed by atoms with Crippen molar-refractivity contribution in [3.05, 3.63) is 97.2 Å². The van der Waals surface area contributed by atoms with Gasteiger partial charge in [-0.15, -0.1) is 0 Å². The number of allylic oxidation sites excluding steroid dienone is 16. The van der Waals surface area contributed by atoms with Gasteiger partial charge in [0.05, 0.1) is 0 Å². The van der Waals surface area contributed by atoms with Crippen molar-refractivity contribution in [2.75, 3.05) is 13.2 Å². The molecule has 0 bridgehead atoms. The van der Waals surface area contributed by atoms with Crippen molar-refractivity contribution in [2.45, 2.75) is 239 Å². The minimum atomic E-state index is -0.817. The molecule has 0 aliphatic heterocycles. The van der Waals surface area contributed by atoms with Crippen molar-refractivity contribution >= 4 is 17.9 Å². The Morgan fingerprint density at radius 1 is 0.344 bits per heavy atom. The molecule has 0 aliphatic rings. The molecule has 6 heteroatoms. The third kappa shape index (κ3) is 49.3. The number of hydrogen-bond acceptors (Lipinski definition) is 6. The van der Waals surface area contributed by atoms with Gasteiger partial charge >= 0.3 is 17.9 Å². The highest BCUT2D eigenvalue weighted by Crippen LogP contribution is 2.16. The lowest BCUT2D eigenvalue weighted by atomic mass is 10.0. The Kier molecular flexibility index (Phi) is 49.0. The summed E-state index contributed by atoms with van der Waals surface area (Å²) >= 11 is 0. The summed E-state index contributed by atoms with van der Waals surface area (Å²) in [6.45, 7) is 6.30. The fraction of sp³-hybridized carbons (Fsp3) is 0.672. The summed E-state index contributed by atoms with van der Waals surface area (Å²) in [5.74, 6) is -1.01. The molecule has 0 aromatic rings. The molecule has 0 N–H and O–H groups in total. The predicted octanol–water partition coefficient (Wildman–Crippen LogP) is 17.4. The van der Waals surface area contributed by atoms with E-state index in [1.807, 2.05) is 54.7 Å². The minimum Gasteiger partial charge on any atom is -0.462 e. The number of ether oxygens (including phenoxy) is 3. The monoisotopic (exact) mass is 889 g/mol. The third-order valence-electron chi connectivity index (χ3n) is 11.0. The maximum Gasteiger partial charge on any atom is 0.306 e. The van der Waals surface area contributed by atoms with Crippen molar-refractivity contribution in [1.29, 1.82) is 0 Å². The van der Waals surface area contributed by atoms with Crippen LogP contribution < -0.4 is 0 Å². The average Bonchev–Trinajstić information content (AvgIpc) is 3.29. The number of esters is 3. The van der Waals surface area contributed by atoms with Gasteiger partial charge in [0.15, 0.2) is 6.10 Å². The van der Waals surface area contributed by atoms with Crippen LogP contribution in [0, 0.1) is 0 Å². The van der Waals surface area contributed by atoms with Gasteiger partial charge in [-0.1, -0.05) is 246 Å². The Hall–Kier alpha value is -3.67. The van der Waals surface area contributed by atoms with E-state index >= 15 is 0 Å². The van der Waals surface area contributed by atoms with Crippen molar-refractivity contribution in [3.63, 3.8) is 0 Å². The van der Waals surface area contributed by atoms with E-state index in [4.69, 9.17) is 14.2 Å². The minimum absolute atomic E-state index is 0.108. The fourth-order valence-corrected chi connectivity index (χ4v) is 7.08. The largest absolute Gasteiger partial charge is 0.462 e. The second kappa shape index (κ2) is 52.0. The van der Waals surface area contributed by atoms with Gasteiger partial charge in [-0.25, -0.2) is 0 Å². The van der Waals surface area contributed by atoms with Gasteiger partial charge in [-0.2, -0.15) is 0 Å². The third-order valence-corrected chi connectivity index (χ3v) is 11.0. The molecule has 0 radical (unpaired) electrons. The maximum absolute atomic E-state index is 12.8. The van der Waals surface area contributed by atoms with Gasteiger partial charge < -0.3 is 14.2 Å². The number of carbonyl (C=O) groups is 3. The Labute approximate surface area is 394 Å². The van der Waals surface area contributed by atoms with Crippen LogP contribution in [0.5, 0.6) is 0 Å². The summed E-state index contributed by atoms with van der Waals surface area (Å²) in [6, 6.07) is 0. The summed E-state index contributed by atoms with van der Waals surface area (Å²) in [7, 11) is 0. The zero-order valence-electron chi connectivity index (χ0n) is 41.5. The molecular formula is C58H96O6. The SMILES string of the molecule is CC\C=C/C=C\C=C/C=C\C=C/CCCC(=O)OCC(COC(=O)CCCCCCCCCCCCCCCCCCCCC)OC(=O)CCCCCC/C=C\C/C=C\C/C=C\CC. The van der Waals surface area contributed by atoms with E-state index in [2.05, 4.69) is 63.3 Å². The van der Waals surface area contributed by atoms with Gasteiger partial charge in [0.2, 0.25) is 0 Å². The topological polar surface area (TPSA) is 78.9 Å². The van der Waals surface area contributed by atoms with Crippen LogP contribution in [0.4, 0.5) is 0 Å². The molecule has 0 saturated carbocycles. The molecule has 364 valence electrons. The Morgan fingerprint density at radius 2 is 0.703 bits per heavy atom. The highest BCUT2D eigenvalue weighted by molar-refractivity contribution is 5.71. The van der Waals surface area contributed by atoms with Crippen molar-refractivity contribution in [2.24, 2.45) is 0 Å². The lowest BCUT2D eigenvalue weighted by molar-refractivity contribution is -0.167. The first-order valence-corrected chi connectivity index (χ1v) is 26.3. The molecule has 1 unspecified atom stereocenters. The highest BCUT2D eigenvalue weighted by Gasteiger charge is 2.19. The summed E-state index contributed by atoms with van der Waals surface area (Å²) < 4.78 is 16.7. The summed E-state index contributed by atoms with van der Waals surface area (Å²) in [5.41, 5.74) is 0. The molecule has 64 heavy (non-hydrogen) atoms. The molecule has 0 amide bonds. The lowest BCUT2D eigenvalue weighted by Crippen LogP contribution is -2.30. The lowest BCUT2D eigenvalue weighted by Gasteiger charge is -2.18. The van der Waals surface area contributed by atoms with E-state index in [0.29, 0.717) is 12.8 Å². The number of rotatable bonds is 46. The van der Waals surface area contributed by atoms with E-state index in [9.17, 15) is 14.4 Å². The van der Waals surface area contributed by atoms with Crippen LogP contribution in [0.3, 0.4) is 0 Å². The van der Waals surface area contributed by atoms with Crippen LogP contribution in [0.2, 0.25) is 0 Å². The van der Waals surface area contributed by atoms with Crippen LogP contribution in [-0.2, 0) is 28.6 Å². The molecule has 0 aromatic carbocycles. The zero-order valence-corrected chi connectivity index (χ0v) is 41.5. The Bertz CT molecular complexity index is 1300. The standard InChI is InChI=1S/C58H96O6/c1-4-7-10-13-16-19-22-25-27-28-29-30-31-34-36-39-42-45-48-51-57(60)63-54-55(53-62-56(59)50-47-44-41-38-35-32-24-21-18-15-12-9-6-3)64-58(61)52-49-46-43-40-37-33-26-23-20-17-14-11-8-5-2/h8-9,11-12,15,17-18,20-21,24,26,32-33,35,38,41,55H,4-7,10,13-14,16,19,22-23,25,27-31,34,36-37,39-40,42-54H2,1-3H3/b11-8-,12-9-,18-15-,20-17-,24-21-,33-26-,35-32-,41-38-. The van der Waals surface area contributed by atoms with Crippen LogP contribution in [0.15, 0.2) is 97.2 Å². The van der Waals surface area contributed by atoms with E-state index < -0.39 is 6.10 Å². The normalized spacial score (nSPS) is 12.9. The molecule has 0 heterocycles. The molecular weight excluding hydrogens is 793 g/mol. The molecule has 1 atom stereocenters. The highest BCUT2D eigenvalue weighted by atomic mass is 16.6. The smallest absolute Gasteiger partial charge is 0.306 e. The second-order valence-electron chi connectivity index (χ2n) is 17.2. The predicted molar refractivity (Wildman–Crippen MR) is 274 cm³/mol. The summed E-state index contributed by atoms with van der Waals surface area (Å²) in [4.78, 5) is 38.0. The first-order chi connectivity index (χ1) is 31.5. The van der Waals surface area contributed by atoms with E-state index in [0.717, 1.165) is 83.5 Å². The van der Waals surface area contributed by atoms with Gasteiger partial charge in [0.25, 0.3) is 0 Å². The second-order valence-corrected chi connectivity index (χ2v) is 17.2. The molecule has 0 fully saturated rings. The van der Waals surface area contributed by atoms with E-state index in [-0.39, 0.29) is 44.0 Å². The molecule has 0 aliphatic carbocycles. The molecule has 6 nitrogen and oxygen atoms in total. The molecule has 0 saturated heterocycles. The van der Waals surface area contributed by atoms with Gasteiger partial charge in [0.1, 0.15) is 13.2 Å². The van der Waals surface area contributed by atoms with Gasteiger partial charge in [0, 0.05) is 19.3 Å². The van der Waals surface area contributed by atoms with Crippen molar-refractivity contribution < 1.29 is 28.6 Å². The number of carbonyl (C=O) groups excluding carboxylic acids is 3. The van der Waals surface area contributed by atoms with Crippen LogP contribution in [0.1, 0.15) is 233 Å². The molecule has 0 aromatic heterocycles. The van der Waals surface area contributed by atoms with Gasteiger partial charge in [-0.05, 0) is 64.2 Å². The maximum atomic E-state index is 12.8. The molecule has 0 spiro atoms. The Balaban J connectivity index is 4.44. The van der Waals surface area contributed by atoms with Crippen LogP contribution in [0.25, 0.3) is 0 Å². The van der Waals surface area contributed by atoms with Crippen LogP contribution >= 0.6 is 0 Å². The van der Waals surface area contributed by atoms with Crippen LogP contribution in [-0.4, -0.2) is 37.2 Å². The van der Waals surface area contributed by atoms with Crippen molar-refractivity contribution in [3.8, 4) is 0 Å². The first kappa shape index (κ1) is 60.3. The fourth-order valence-electron chi connectivity index (χ4n) is 7.08. The van der Waals surface area contributed by atoms with E-state index in [1.54, 1.807) is 0 Å².